The predicted octanol–water partition coefficient (Wildman–Crippen LogP) is 3.34. The molecule has 2 aliphatic rings. The fourth-order valence-electron chi connectivity index (χ4n) is 3.18. The lowest BCUT2D eigenvalue weighted by molar-refractivity contribution is 0.204. The quantitative estimate of drug-likeness (QED) is 0.725. The van der Waals surface area contributed by atoms with E-state index in [0.29, 0.717) is 5.41 Å². The third-order valence-corrected chi connectivity index (χ3v) is 4.33. The summed E-state index contributed by atoms with van der Waals surface area (Å²) >= 11 is 0. The van der Waals surface area contributed by atoms with Gasteiger partial charge in [0, 0.05) is 6.04 Å². The van der Waals surface area contributed by atoms with Crippen molar-refractivity contribution in [1.29, 1.82) is 0 Å². The molecule has 0 aromatic rings. The summed E-state index contributed by atoms with van der Waals surface area (Å²) in [6.07, 6.45) is 10.3. The zero-order valence-corrected chi connectivity index (χ0v) is 9.81. The Morgan fingerprint density at radius 2 is 1.86 bits per heavy atom. The van der Waals surface area contributed by atoms with Crippen LogP contribution in [0.5, 0.6) is 0 Å². The zero-order chi connectivity index (χ0) is 10.0. The molecule has 1 atom stereocenters. The maximum atomic E-state index is 3.75. The highest BCUT2D eigenvalue weighted by Crippen LogP contribution is 2.52. The number of hydrogen-bond donors (Lipinski definition) is 1. The molecule has 2 fully saturated rings. The van der Waals surface area contributed by atoms with Crippen molar-refractivity contribution in [3.8, 4) is 0 Å². The Kier molecular flexibility index (Phi) is 3.16. The van der Waals surface area contributed by atoms with Crippen molar-refractivity contribution in [3.05, 3.63) is 0 Å². The first kappa shape index (κ1) is 10.5. The van der Waals surface area contributed by atoms with Crippen LogP contribution < -0.4 is 5.32 Å². The van der Waals surface area contributed by atoms with Gasteiger partial charge in [0.1, 0.15) is 0 Å². The molecule has 0 saturated heterocycles. The molecule has 0 bridgehead atoms. The van der Waals surface area contributed by atoms with Gasteiger partial charge in [0.15, 0.2) is 0 Å². The molecule has 0 aromatic heterocycles. The highest BCUT2D eigenvalue weighted by atomic mass is 14.9. The van der Waals surface area contributed by atoms with Gasteiger partial charge in [-0.15, -0.1) is 0 Å². The average Bonchev–Trinajstić information content (AvgIpc) is 2.95. The van der Waals surface area contributed by atoms with Crippen LogP contribution in [0.15, 0.2) is 0 Å². The highest BCUT2D eigenvalue weighted by Gasteiger charge is 2.47. The fourth-order valence-corrected chi connectivity index (χ4v) is 3.18. The second-order valence-corrected chi connectivity index (χ2v) is 5.59. The van der Waals surface area contributed by atoms with Crippen molar-refractivity contribution in [2.24, 2.45) is 11.3 Å². The van der Waals surface area contributed by atoms with E-state index in [2.05, 4.69) is 19.2 Å². The van der Waals surface area contributed by atoms with Crippen LogP contribution in [0.1, 0.15) is 58.8 Å². The van der Waals surface area contributed by atoms with E-state index < -0.39 is 0 Å². The van der Waals surface area contributed by atoms with Crippen LogP contribution in [-0.2, 0) is 0 Å². The maximum absolute atomic E-state index is 3.75. The van der Waals surface area contributed by atoms with Gasteiger partial charge in [-0.25, -0.2) is 0 Å². The molecular weight excluding hydrogens is 170 g/mol. The number of hydrogen-bond acceptors (Lipinski definition) is 1. The summed E-state index contributed by atoms with van der Waals surface area (Å²) in [5.41, 5.74) is 0.665. The SMILES string of the molecule is CCNC(C1CCCCC1)C1(C)CC1. The van der Waals surface area contributed by atoms with Gasteiger partial charge >= 0.3 is 0 Å². The molecule has 14 heavy (non-hydrogen) atoms. The van der Waals surface area contributed by atoms with Gasteiger partial charge in [0.2, 0.25) is 0 Å². The van der Waals surface area contributed by atoms with Gasteiger partial charge < -0.3 is 5.32 Å². The topological polar surface area (TPSA) is 12.0 Å². The molecular formula is C13H25N. The van der Waals surface area contributed by atoms with E-state index in [1.54, 1.807) is 0 Å². The summed E-state index contributed by atoms with van der Waals surface area (Å²) in [4.78, 5) is 0. The van der Waals surface area contributed by atoms with Crippen molar-refractivity contribution in [2.75, 3.05) is 6.54 Å². The van der Waals surface area contributed by atoms with Gasteiger partial charge in [0.05, 0.1) is 0 Å². The average molecular weight is 195 g/mol. The smallest absolute Gasteiger partial charge is 0.0149 e. The standard InChI is InChI=1S/C13H25N/c1-3-14-12(13(2)9-10-13)11-7-5-4-6-8-11/h11-12,14H,3-10H2,1-2H3. The van der Waals surface area contributed by atoms with Crippen LogP contribution in [0.2, 0.25) is 0 Å². The minimum Gasteiger partial charge on any atom is -0.313 e. The molecule has 0 aromatic carbocycles. The van der Waals surface area contributed by atoms with Gasteiger partial charge in [0.25, 0.3) is 0 Å². The monoisotopic (exact) mass is 195 g/mol. The van der Waals surface area contributed by atoms with Gasteiger partial charge in [-0.05, 0) is 43.6 Å². The molecule has 0 spiro atoms. The van der Waals surface area contributed by atoms with E-state index in [-0.39, 0.29) is 0 Å². The van der Waals surface area contributed by atoms with E-state index in [4.69, 9.17) is 0 Å². The first-order valence-electron chi connectivity index (χ1n) is 6.49. The Labute approximate surface area is 88.7 Å². The Hall–Kier alpha value is -0.0400. The van der Waals surface area contributed by atoms with Crippen LogP contribution in [-0.4, -0.2) is 12.6 Å². The summed E-state index contributed by atoms with van der Waals surface area (Å²) in [5, 5.41) is 3.75. The summed E-state index contributed by atoms with van der Waals surface area (Å²) in [6, 6.07) is 0.827. The maximum Gasteiger partial charge on any atom is 0.0149 e. The fraction of sp³-hybridized carbons (Fsp3) is 1.00. The first-order chi connectivity index (χ1) is 6.76. The third kappa shape index (κ3) is 2.13. The first-order valence-corrected chi connectivity index (χ1v) is 6.49. The molecule has 0 heterocycles. The number of nitrogens with one attached hydrogen (secondary N) is 1. The van der Waals surface area contributed by atoms with Crippen molar-refractivity contribution in [1.82, 2.24) is 5.32 Å². The summed E-state index contributed by atoms with van der Waals surface area (Å²) in [6.45, 7) is 5.88. The Bertz CT molecular complexity index is 178. The molecule has 0 amide bonds. The van der Waals surface area contributed by atoms with Crippen LogP contribution in [0.4, 0.5) is 0 Å². The van der Waals surface area contributed by atoms with Crippen molar-refractivity contribution in [3.63, 3.8) is 0 Å². The molecule has 1 N–H and O–H groups in total. The van der Waals surface area contributed by atoms with Crippen LogP contribution in [0.25, 0.3) is 0 Å². The summed E-state index contributed by atoms with van der Waals surface area (Å²) in [7, 11) is 0. The Morgan fingerprint density at radius 1 is 1.21 bits per heavy atom. The van der Waals surface area contributed by atoms with Gasteiger partial charge in [-0.1, -0.05) is 33.1 Å². The van der Waals surface area contributed by atoms with Crippen LogP contribution in [0.3, 0.4) is 0 Å². The van der Waals surface area contributed by atoms with Crippen molar-refractivity contribution >= 4 is 0 Å². The highest BCUT2D eigenvalue weighted by molar-refractivity contribution is 5.01. The molecule has 1 heteroatoms. The Balaban J connectivity index is 1.94. The molecule has 1 nitrogen and oxygen atoms in total. The lowest BCUT2D eigenvalue weighted by Crippen LogP contribution is -2.43. The van der Waals surface area contributed by atoms with E-state index in [1.165, 1.54) is 44.9 Å². The molecule has 2 saturated carbocycles. The largest absolute Gasteiger partial charge is 0.313 e. The minimum absolute atomic E-state index is 0.665. The van der Waals surface area contributed by atoms with Crippen molar-refractivity contribution in [2.45, 2.75) is 64.8 Å². The molecule has 0 radical (unpaired) electrons. The zero-order valence-electron chi connectivity index (χ0n) is 9.81. The molecule has 82 valence electrons. The summed E-state index contributed by atoms with van der Waals surface area (Å²) < 4.78 is 0. The van der Waals surface area contributed by atoms with Crippen LogP contribution in [0, 0.1) is 11.3 Å². The van der Waals surface area contributed by atoms with E-state index in [0.717, 1.165) is 18.5 Å². The minimum atomic E-state index is 0.665. The van der Waals surface area contributed by atoms with E-state index >= 15 is 0 Å². The number of rotatable bonds is 4. The predicted molar refractivity (Wildman–Crippen MR) is 61.4 cm³/mol. The molecule has 2 aliphatic carbocycles. The van der Waals surface area contributed by atoms with Gasteiger partial charge in [-0.2, -0.15) is 0 Å². The molecule has 0 aliphatic heterocycles. The molecule has 1 unspecified atom stereocenters. The Morgan fingerprint density at radius 3 is 2.36 bits per heavy atom. The third-order valence-electron chi connectivity index (χ3n) is 4.33. The van der Waals surface area contributed by atoms with Crippen LogP contribution >= 0.6 is 0 Å². The normalized spacial score (nSPS) is 28.7. The second kappa shape index (κ2) is 4.22. The van der Waals surface area contributed by atoms with Gasteiger partial charge in [-0.3, -0.25) is 0 Å². The van der Waals surface area contributed by atoms with Crippen molar-refractivity contribution < 1.29 is 0 Å². The lowest BCUT2D eigenvalue weighted by atomic mass is 9.77. The second-order valence-electron chi connectivity index (χ2n) is 5.59. The van der Waals surface area contributed by atoms with E-state index in [1.807, 2.05) is 0 Å². The molecule has 2 rings (SSSR count). The summed E-state index contributed by atoms with van der Waals surface area (Å²) in [5.74, 6) is 0.983. The van der Waals surface area contributed by atoms with E-state index in [9.17, 15) is 0 Å². The lowest BCUT2D eigenvalue weighted by Gasteiger charge is -2.35.